The van der Waals surface area contributed by atoms with Crippen LogP contribution in [0.25, 0.3) is 11.4 Å². The van der Waals surface area contributed by atoms with Crippen molar-refractivity contribution in [2.45, 2.75) is 26.1 Å². The number of H-pyrrole nitrogens is 1. The first-order valence-corrected chi connectivity index (χ1v) is 9.08. The largest absolute Gasteiger partial charge is 0.490 e. The van der Waals surface area contributed by atoms with E-state index in [0.717, 1.165) is 12.1 Å². The second-order valence-corrected chi connectivity index (χ2v) is 6.17. The predicted octanol–water partition coefficient (Wildman–Crippen LogP) is 4.34. The third-order valence-electron chi connectivity index (χ3n) is 4.17. The van der Waals surface area contributed by atoms with Gasteiger partial charge in [0.25, 0.3) is 0 Å². The second kappa shape index (κ2) is 8.52. The zero-order valence-corrected chi connectivity index (χ0v) is 16.0. The normalized spacial score (nSPS) is 12.6. The molecule has 2 aromatic carbocycles. The molecular weight excluding hydrogens is 385 g/mol. The van der Waals surface area contributed by atoms with Crippen molar-refractivity contribution < 1.29 is 22.6 Å². The Morgan fingerprint density at radius 1 is 1.03 bits per heavy atom. The number of benzene rings is 2. The summed E-state index contributed by atoms with van der Waals surface area (Å²) in [4.78, 5) is 4.28. The van der Waals surface area contributed by atoms with E-state index in [9.17, 15) is 13.2 Å². The van der Waals surface area contributed by atoms with Crippen molar-refractivity contribution in [3.05, 3.63) is 59.4 Å². The van der Waals surface area contributed by atoms with Crippen LogP contribution in [0.3, 0.4) is 0 Å². The van der Waals surface area contributed by atoms with E-state index in [4.69, 9.17) is 15.2 Å². The molecule has 0 radical (unpaired) electrons. The van der Waals surface area contributed by atoms with Gasteiger partial charge in [-0.2, -0.15) is 18.3 Å². The zero-order chi connectivity index (χ0) is 21.0. The quantitative estimate of drug-likeness (QED) is 0.610. The molecule has 0 amide bonds. The Kier molecular flexibility index (Phi) is 6.07. The SMILES string of the molecule is CCOc1ccc([C@@H](N)c2nc(-c3cccc(C(F)(F)F)c3)n[nH]2)cc1OCC. The first kappa shape index (κ1) is 20.7. The smallest absolute Gasteiger partial charge is 0.416 e. The molecule has 9 heteroatoms. The monoisotopic (exact) mass is 406 g/mol. The summed E-state index contributed by atoms with van der Waals surface area (Å²) < 4.78 is 49.9. The van der Waals surface area contributed by atoms with Gasteiger partial charge in [0.1, 0.15) is 5.82 Å². The van der Waals surface area contributed by atoms with Crippen LogP contribution >= 0.6 is 0 Å². The minimum Gasteiger partial charge on any atom is -0.490 e. The van der Waals surface area contributed by atoms with Gasteiger partial charge in [0.2, 0.25) is 0 Å². The molecule has 0 unspecified atom stereocenters. The zero-order valence-electron chi connectivity index (χ0n) is 16.0. The van der Waals surface area contributed by atoms with Gasteiger partial charge >= 0.3 is 6.18 Å². The third-order valence-corrected chi connectivity index (χ3v) is 4.17. The molecular formula is C20H21F3N4O2. The molecule has 29 heavy (non-hydrogen) atoms. The lowest BCUT2D eigenvalue weighted by molar-refractivity contribution is -0.137. The van der Waals surface area contributed by atoms with Gasteiger partial charge in [0, 0.05) is 5.56 Å². The summed E-state index contributed by atoms with van der Waals surface area (Å²) in [6.45, 7) is 4.69. The van der Waals surface area contributed by atoms with Crippen molar-refractivity contribution >= 4 is 0 Å². The third kappa shape index (κ3) is 4.68. The van der Waals surface area contributed by atoms with Crippen molar-refractivity contribution in [3.63, 3.8) is 0 Å². The fraction of sp³-hybridized carbons (Fsp3) is 0.300. The van der Waals surface area contributed by atoms with E-state index in [2.05, 4.69) is 15.2 Å². The number of ether oxygens (including phenoxy) is 2. The summed E-state index contributed by atoms with van der Waals surface area (Å²) in [5, 5.41) is 6.74. The fourth-order valence-electron chi connectivity index (χ4n) is 2.80. The highest BCUT2D eigenvalue weighted by atomic mass is 19.4. The van der Waals surface area contributed by atoms with Crippen LogP contribution < -0.4 is 15.2 Å². The molecule has 6 nitrogen and oxygen atoms in total. The van der Waals surface area contributed by atoms with Crippen LogP contribution in [0.4, 0.5) is 13.2 Å². The van der Waals surface area contributed by atoms with Crippen LogP contribution in [0, 0.1) is 0 Å². The number of hydrogen-bond donors (Lipinski definition) is 2. The van der Waals surface area contributed by atoms with E-state index < -0.39 is 17.8 Å². The number of nitrogens with one attached hydrogen (secondary N) is 1. The molecule has 0 aliphatic carbocycles. The van der Waals surface area contributed by atoms with Crippen molar-refractivity contribution in [3.8, 4) is 22.9 Å². The summed E-state index contributed by atoms with van der Waals surface area (Å²) in [6.07, 6.45) is -4.44. The highest BCUT2D eigenvalue weighted by Gasteiger charge is 2.30. The van der Waals surface area contributed by atoms with E-state index in [-0.39, 0.29) is 11.4 Å². The molecule has 0 spiro atoms. The van der Waals surface area contributed by atoms with Crippen LogP contribution in [-0.4, -0.2) is 28.4 Å². The Bertz CT molecular complexity index is 972. The lowest BCUT2D eigenvalue weighted by Crippen LogP contribution is -2.14. The molecule has 3 N–H and O–H groups in total. The summed E-state index contributed by atoms with van der Waals surface area (Å²) in [5.41, 5.74) is 6.46. The molecule has 0 aliphatic heterocycles. The van der Waals surface area contributed by atoms with Gasteiger partial charge in [-0.3, -0.25) is 5.10 Å². The molecule has 0 bridgehead atoms. The van der Waals surface area contributed by atoms with Gasteiger partial charge in [0.05, 0.1) is 24.8 Å². The van der Waals surface area contributed by atoms with E-state index in [1.54, 1.807) is 18.2 Å². The van der Waals surface area contributed by atoms with Gasteiger partial charge in [-0.15, -0.1) is 0 Å². The lowest BCUT2D eigenvalue weighted by atomic mass is 10.1. The van der Waals surface area contributed by atoms with Gasteiger partial charge in [0.15, 0.2) is 17.3 Å². The molecule has 0 fully saturated rings. The highest BCUT2D eigenvalue weighted by Crippen LogP contribution is 2.33. The lowest BCUT2D eigenvalue weighted by Gasteiger charge is -2.14. The molecule has 3 aromatic rings. The Labute approximate surface area is 165 Å². The standard InChI is InChI=1S/C20H21F3N4O2/c1-3-28-15-9-8-12(11-16(15)29-4-2)17(24)19-25-18(26-27-19)13-6-5-7-14(10-13)20(21,22)23/h5-11,17H,3-4,24H2,1-2H3,(H,25,26,27)/t17-/m1/s1. The van der Waals surface area contributed by atoms with Crippen LogP contribution in [0.15, 0.2) is 42.5 Å². The first-order valence-electron chi connectivity index (χ1n) is 9.08. The van der Waals surface area contributed by atoms with Crippen molar-refractivity contribution in [2.75, 3.05) is 13.2 Å². The number of rotatable bonds is 7. The average Bonchev–Trinajstić information content (AvgIpc) is 3.19. The number of alkyl halides is 3. The summed E-state index contributed by atoms with van der Waals surface area (Å²) in [6, 6.07) is 9.45. The Morgan fingerprint density at radius 3 is 2.45 bits per heavy atom. The average molecular weight is 406 g/mol. The van der Waals surface area contributed by atoms with E-state index >= 15 is 0 Å². The topological polar surface area (TPSA) is 86.0 Å². The van der Waals surface area contributed by atoms with Crippen LogP contribution in [0.5, 0.6) is 11.5 Å². The maximum atomic E-state index is 12.9. The van der Waals surface area contributed by atoms with Crippen molar-refractivity contribution in [1.82, 2.24) is 15.2 Å². The second-order valence-electron chi connectivity index (χ2n) is 6.17. The summed E-state index contributed by atoms with van der Waals surface area (Å²) in [5.74, 6) is 1.62. The molecule has 3 rings (SSSR count). The van der Waals surface area contributed by atoms with Gasteiger partial charge in [-0.25, -0.2) is 4.98 Å². The molecule has 154 valence electrons. The van der Waals surface area contributed by atoms with Gasteiger partial charge in [-0.1, -0.05) is 18.2 Å². The first-order chi connectivity index (χ1) is 13.8. The minimum atomic E-state index is -4.44. The van der Waals surface area contributed by atoms with Crippen LogP contribution in [-0.2, 0) is 6.18 Å². The van der Waals surface area contributed by atoms with Crippen molar-refractivity contribution in [1.29, 1.82) is 0 Å². The molecule has 0 saturated heterocycles. The maximum absolute atomic E-state index is 12.9. The predicted molar refractivity (Wildman–Crippen MR) is 102 cm³/mol. The molecule has 1 heterocycles. The fourth-order valence-corrected chi connectivity index (χ4v) is 2.80. The van der Waals surface area contributed by atoms with E-state index in [1.807, 2.05) is 13.8 Å². The number of aromatic amines is 1. The van der Waals surface area contributed by atoms with E-state index in [0.29, 0.717) is 36.1 Å². The minimum absolute atomic E-state index is 0.137. The number of hydrogen-bond acceptors (Lipinski definition) is 5. The number of nitrogens with zero attached hydrogens (tertiary/aromatic N) is 2. The number of halogens is 3. The van der Waals surface area contributed by atoms with Crippen LogP contribution in [0.1, 0.15) is 36.8 Å². The Morgan fingerprint density at radius 2 is 1.76 bits per heavy atom. The molecule has 0 aliphatic rings. The number of nitrogens with two attached hydrogens (primary N) is 1. The van der Waals surface area contributed by atoms with E-state index in [1.165, 1.54) is 12.1 Å². The maximum Gasteiger partial charge on any atom is 0.416 e. The summed E-state index contributed by atoms with van der Waals surface area (Å²) >= 11 is 0. The van der Waals surface area contributed by atoms with Gasteiger partial charge in [-0.05, 0) is 43.7 Å². The van der Waals surface area contributed by atoms with Crippen LogP contribution in [0.2, 0.25) is 0 Å². The molecule has 1 aromatic heterocycles. The van der Waals surface area contributed by atoms with Crippen molar-refractivity contribution in [2.24, 2.45) is 5.73 Å². The Hall–Kier alpha value is -3.07. The highest BCUT2D eigenvalue weighted by molar-refractivity contribution is 5.56. The molecule has 0 saturated carbocycles. The molecule has 1 atom stereocenters. The Balaban J connectivity index is 1.88. The summed E-state index contributed by atoms with van der Waals surface area (Å²) in [7, 11) is 0. The number of aromatic nitrogens is 3. The van der Waals surface area contributed by atoms with Gasteiger partial charge < -0.3 is 15.2 Å².